The van der Waals surface area contributed by atoms with Crippen LogP contribution in [0.4, 0.5) is 5.00 Å². The molecule has 3 rings (SSSR count). The summed E-state index contributed by atoms with van der Waals surface area (Å²) in [6.45, 7) is 2.05. The second kappa shape index (κ2) is 10.4. The Bertz CT molecular complexity index is 906. The molecule has 1 N–H and O–H groups in total. The third kappa shape index (κ3) is 5.27. The van der Waals surface area contributed by atoms with Crippen LogP contribution in [0.3, 0.4) is 0 Å². The molecule has 6 nitrogen and oxygen atoms in total. The van der Waals surface area contributed by atoms with Crippen LogP contribution < -0.4 is 5.32 Å². The zero-order valence-electron chi connectivity index (χ0n) is 17.4. The van der Waals surface area contributed by atoms with Gasteiger partial charge in [-0.2, -0.15) is 0 Å². The van der Waals surface area contributed by atoms with Gasteiger partial charge in [0.25, 0.3) is 0 Å². The highest BCUT2D eigenvalue weighted by Crippen LogP contribution is 2.42. The van der Waals surface area contributed by atoms with Gasteiger partial charge in [0.15, 0.2) is 0 Å². The van der Waals surface area contributed by atoms with Crippen molar-refractivity contribution < 1.29 is 23.9 Å². The molecule has 1 heterocycles. The molecule has 1 aromatic heterocycles. The van der Waals surface area contributed by atoms with Crippen molar-refractivity contribution in [2.75, 3.05) is 19.0 Å². The van der Waals surface area contributed by atoms with E-state index in [0.29, 0.717) is 22.9 Å². The molecule has 1 aliphatic rings. The van der Waals surface area contributed by atoms with Gasteiger partial charge in [-0.25, -0.2) is 4.79 Å². The zero-order chi connectivity index (χ0) is 21.5. The molecule has 0 fully saturated rings. The van der Waals surface area contributed by atoms with Crippen LogP contribution in [0.25, 0.3) is 0 Å². The number of thiophene rings is 1. The second-order valence-corrected chi connectivity index (χ2v) is 8.36. The molecule has 0 bridgehead atoms. The van der Waals surface area contributed by atoms with Gasteiger partial charge in [0.2, 0.25) is 5.91 Å². The number of amides is 1. The van der Waals surface area contributed by atoms with Gasteiger partial charge in [-0.3, -0.25) is 9.59 Å². The lowest BCUT2D eigenvalue weighted by Gasteiger charge is -2.23. The highest BCUT2D eigenvalue weighted by Gasteiger charge is 2.30. The fourth-order valence-corrected chi connectivity index (χ4v) is 5.12. The van der Waals surface area contributed by atoms with Crippen LogP contribution in [-0.4, -0.2) is 31.6 Å². The first-order valence-electron chi connectivity index (χ1n) is 10.3. The van der Waals surface area contributed by atoms with Gasteiger partial charge in [0, 0.05) is 17.7 Å². The van der Waals surface area contributed by atoms with Crippen LogP contribution in [0.2, 0.25) is 0 Å². The Labute approximate surface area is 180 Å². The number of rotatable bonds is 8. The van der Waals surface area contributed by atoms with Crippen LogP contribution in [-0.2, 0) is 31.9 Å². The zero-order valence-corrected chi connectivity index (χ0v) is 18.2. The summed E-state index contributed by atoms with van der Waals surface area (Å²) < 4.78 is 9.87. The SMILES string of the molecule is CCOC(=O)c1c(NC(=O)CCCC(=O)OC)sc2c1CC[C@@H](c1ccccc1)C2. The molecule has 0 saturated heterocycles. The number of benzene rings is 1. The molecule has 30 heavy (non-hydrogen) atoms. The highest BCUT2D eigenvalue weighted by molar-refractivity contribution is 7.17. The smallest absolute Gasteiger partial charge is 0.341 e. The van der Waals surface area contributed by atoms with E-state index >= 15 is 0 Å². The molecule has 160 valence electrons. The molecule has 1 atom stereocenters. The molecular weight excluding hydrogens is 402 g/mol. The van der Waals surface area contributed by atoms with Crippen LogP contribution in [0, 0.1) is 0 Å². The van der Waals surface area contributed by atoms with Crippen molar-refractivity contribution in [1.29, 1.82) is 0 Å². The van der Waals surface area contributed by atoms with E-state index in [-0.39, 0.29) is 31.3 Å². The quantitative estimate of drug-likeness (QED) is 0.626. The molecule has 1 amide bonds. The number of carbonyl (C=O) groups excluding carboxylic acids is 3. The van der Waals surface area contributed by atoms with E-state index in [1.807, 2.05) is 18.2 Å². The van der Waals surface area contributed by atoms with Gasteiger partial charge in [-0.1, -0.05) is 30.3 Å². The summed E-state index contributed by atoms with van der Waals surface area (Å²) in [5.41, 5.74) is 2.78. The van der Waals surface area contributed by atoms with Crippen LogP contribution in [0.1, 0.15) is 64.9 Å². The Kier molecular flexibility index (Phi) is 7.63. The lowest BCUT2D eigenvalue weighted by atomic mass is 9.83. The number of nitrogens with one attached hydrogen (secondary N) is 1. The first-order valence-corrected chi connectivity index (χ1v) is 11.1. The first-order chi connectivity index (χ1) is 14.5. The van der Waals surface area contributed by atoms with Crippen molar-refractivity contribution in [1.82, 2.24) is 0 Å². The van der Waals surface area contributed by atoms with Crippen molar-refractivity contribution in [3.63, 3.8) is 0 Å². The number of esters is 2. The summed E-state index contributed by atoms with van der Waals surface area (Å²) in [7, 11) is 1.33. The van der Waals surface area contributed by atoms with Crippen molar-refractivity contribution in [2.45, 2.75) is 51.4 Å². The topological polar surface area (TPSA) is 81.7 Å². The fourth-order valence-electron chi connectivity index (χ4n) is 3.79. The Morgan fingerprint density at radius 1 is 1.17 bits per heavy atom. The predicted molar refractivity (Wildman–Crippen MR) is 116 cm³/mol. The van der Waals surface area contributed by atoms with Crippen LogP contribution in [0.5, 0.6) is 0 Å². The molecule has 1 aromatic carbocycles. The van der Waals surface area contributed by atoms with Crippen molar-refractivity contribution in [3.05, 3.63) is 51.9 Å². The molecule has 0 radical (unpaired) electrons. The maximum Gasteiger partial charge on any atom is 0.341 e. The van der Waals surface area contributed by atoms with Gasteiger partial charge in [0.1, 0.15) is 5.00 Å². The largest absolute Gasteiger partial charge is 0.469 e. The number of hydrogen-bond donors (Lipinski definition) is 1. The summed E-state index contributed by atoms with van der Waals surface area (Å²) in [6.07, 6.45) is 3.34. The van der Waals surface area contributed by atoms with E-state index in [0.717, 1.165) is 29.7 Å². The van der Waals surface area contributed by atoms with E-state index < -0.39 is 5.97 Å². The van der Waals surface area contributed by atoms with Crippen LogP contribution in [0.15, 0.2) is 30.3 Å². The number of methoxy groups -OCH3 is 1. The van der Waals surface area contributed by atoms with Gasteiger partial charge >= 0.3 is 11.9 Å². The van der Waals surface area contributed by atoms with Gasteiger partial charge in [-0.05, 0) is 49.7 Å². The van der Waals surface area contributed by atoms with Gasteiger partial charge < -0.3 is 14.8 Å². The molecule has 0 aliphatic heterocycles. The van der Waals surface area contributed by atoms with E-state index in [1.165, 1.54) is 24.0 Å². The fraction of sp³-hybridized carbons (Fsp3) is 0.435. The summed E-state index contributed by atoms with van der Waals surface area (Å²) >= 11 is 1.46. The molecule has 0 saturated carbocycles. The lowest BCUT2D eigenvalue weighted by molar-refractivity contribution is -0.140. The van der Waals surface area contributed by atoms with E-state index in [4.69, 9.17) is 4.74 Å². The third-order valence-corrected chi connectivity index (χ3v) is 6.45. The molecule has 1 aliphatic carbocycles. The maximum atomic E-state index is 12.6. The standard InChI is InChI=1S/C23H27NO5S/c1-3-29-23(27)21-17-13-12-16(15-8-5-4-6-9-15)14-18(17)30-22(21)24-19(25)10-7-11-20(26)28-2/h4-6,8-9,16H,3,7,10-14H2,1-2H3,(H,24,25)/t16-/m1/s1. The van der Waals surface area contributed by atoms with Crippen molar-refractivity contribution in [3.8, 4) is 0 Å². The van der Waals surface area contributed by atoms with Crippen LogP contribution >= 0.6 is 11.3 Å². The number of carbonyl (C=O) groups is 3. The van der Waals surface area contributed by atoms with Crippen molar-refractivity contribution in [2.24, 2.45) is 0 Å². The highest BCUT2D eigenvalue weighted by atomic mass is 32.1. The normalized spacial score (nSPS) is 15.2. The third-order valence-electron chi connectivity index (χ3n) is 5.28. The Hall–Kier alpha value is -2.67. The predicted octanol–water partition coefficient (Wildman–Crippen LogP) is 4.48. The molecular formula is C23H27NO5S. The lowest BCUT2D eigenvalue weighted by Crippen LogP contribution is -2.17. The minimum atomic E-state index is -0.391. The first kappa shape index (κ1) is 22.0. The number of ether oxygens (including phenoxy) is 2. The molecule has 2 aromatic rings. The number of fused-ring (bicyclic) bond motifs is 1. The summed E-state index contributed by atoms with van der Waals surface area (Å²) in [4.78, 5) is 37.4. The summed E-state index contributed by atoms with van der Waals surface area (Å²) in [5.74, 6) is -0.551. The maximum absolute atomic E-state index is 12.6. The Balaban J connectivity index is 1.78. The number of anilines is 1. The monoisotopic (exact) mass is 429 g/mol. The second-order valence-electron chi connectivity index (χ2n) is 7.26. The molecule has 0 unspecified atom stereocenters. The van der Waals surface area contributed by atoms with E-state index in [9.17, 15) is 14.4 Å². The summed E-state index contributed by atoms with van der Waals surface area (Å²) in [6, 6.07) is 10.4. The van der Waals surface area contributed by atoms with Gasteiger partial charge in [-0.15, -0.1) is 11.3 Å². The minimum absolute atomic E-state index is 0.187. The molecule has 7 heteroatoms. The van der Waals surface area contributed by atoms with Crippen molar-refractivity contribution >= 4 is 34.2 Å². The average molecular weight is 430 g/mol. The van der Waals surface area contributed by atoms with E-state index in [2.05, 4.69) is 22.2 Å². The molecule has 0 spiro atoms. The average Bonchev–Trinajstić information content (AvgIpc) is 3.11. The van der Waals surface area contributed by atoms with Gasteiger partial charge in [0.05, 0.1) is 19.3 Å². The Morgan fingerprint density at radius 3 is 2.63 bits per heavy atom. The summed E-state index contributed by atoms with van der Waals surface area (Å²) in [5, 5.41) is 3.43. The Morgan fingerprint density at radius 2 is 1.93 bits per heavy atom. The van der Waals surface area contributed by atoms with E-state index in [1.54, 1.807) is 6.92 Å². The minimum Gasteiger partial charge on any atom is -0.469 e. The number of hydrogen-bond acceptors (Lipinski definition) is 6.